The second-order valence-corrected chi connectivity index (χ2v) is 5.14. The molecule has 0 radical (unpaired) electrons. The highest BCUT2D eigenvalue weighted by atomic mass is 32.1. The summed E-state index contributed by atoms with van der Waals surface area (Å²) in [5.74, 6) is 5.68. The monoisotopic (exact) mass is 286 g/mol. The molecule has 0 saturated heterocycles. The Balaban J connectivity index is 2.12. The van der Waals surface area contributed by atoms with Crippen LogP contribution in [0.3, 0.4) is 0 Å². The molecular weight excluding hydrogens is 272 g/mol. The summed E-state index contributed by atoms with van der Waals surface area (Å²) >= 11 is 1.35. The molecule has 0 aliphatic heterocycles. The summed E-state index contributed by atoms with van der Waals surface area (Å²) in [5, 5.41) is 11.5. The number of nitrogens with zero attached hydrogens (tertiary/aromatic N) is 1. The first-order chi connectivity index (χ1) is 9.70. The molecule has 0 fully saturated rings. The van der Waals surface area contributed by atoms with Gasteiger partial charge in [0.1, 0.15) is 0 Å². The van der Waals surface area contributed by atoms with Crippen LogP contribution in [0.2, 0.25) is 0 Å². The number of anilines is 1. The number of thiophene rings is 1. The average molecular weight is 286 g/mol. The zero-order valence-corrected chi connectivity index (χ0v) is 11.8. The molecule has 5 heteroatoms. The molecule has 2 rings (SSSR count). The first kappa shape index (κ1) is 14.3. The number of aliphatic hydroxyl groups excluding tert-OH is 1. The van der Waals surface area contributed by atoms with Gasteiger partial charge in [0, 0.05) is 24.5 Å². The molecule has 0 unspecified atom stereocenters. The number of hydrogen-bond acceptors (Lipinski definition) is 4. The Bertz CT molecular complexity index is 654. The van der Waals surface area contributed by atoms with Crippen LogP contribution >= 0.6 is 11.3 Å². The molecule has 4 nitrogen and oxygen atoms in total. The van der Waals surface area contributed by atoms with Crippen molar-refractivity contribution >= 4 is 22.9 Å². The van der Waals surface area contributed by atoms with Crippen LogP contribution in [0.5, 0.6) is 0 Å². The molecule has 1 amide bonds. The zero-order valence-electron chi connectivity index (χ0n) is 11.0. The molecule has 0 spiro atoms. The van der Waals surface area contributed by atoms with Gasteiger partial charge in [0.25, 0.3) is 5.91 Å². The normalized spacial score (nSPS) is 9.70. The highest BCUT2D eigenvalue weighted by Gasteiger charge is 2.11. The number of aryl methyl sites for hydroxylation is 1. The fraction of sp³-hybridized carbons (Fsp3) is 0.200. The molecule has 2 aromatic rings. The van der Waals surface area contributed by atoms with Crippen LogP contribution < -0.4 is 5.32 Å². The maximum Gasteiger partial charge on any atom is 0.265 e. The highest BCUT2D eigenvalue weighted by molar-refractivity contribution is 7.14. The third-order valence-corrected chi connectivity index (χ3v) is 3.67. The number of carbonyl (C=O) groups is 1. The van der Waals surface area contributed by atoms with E-state index in [0.717, 1.165) is 10.4 Å². The lowest BCUT2D eigenvalue weighted by Crippen LogP contribution is -2.09. The van der Waals surface area contributed by atoms with Crippen molar-refractivity contribution in [2.75, 3.05) is 11.9 Å². The van der Waals surface area contributed by atoms with Gasteiger partial charge in [-0.05, 0) is 30.7 Å². The third-order valence-electron chi connectivity index (χ3n) is 2.52. The van der Waals surface area contributed by atoms with E-state index in [9.17, 15) is 4.79 Å². The van der Waals surface area contributed by atoms with Gasteiger partial charge in [0.2, 0.25) is 0 Å². The maximum absolute atomic E-state index is 12.1. The van der Waals surface area contributed by atoms with E-state index in [4.69, 9.17) is 5.11 Å². The van der Waals surface area contributed by atoms with Crippen LogP contribution in [0, 0.1) is 18.8 Å². The van der Waals surface area contributed by atoms with E-state index < -0.39 is 0 Å². The Labute approximate surface area is 121 Å². The lowest BCUT2D eigenvalue weighted by Gasteiger charge is -2.01. The van der Waals surface area contributed by atoms with Crippen LogP contribution in [-0.2, 0) is 0 Å². The summed E-state index contributed by atoms with van der Waals surface area (Å²) in [5.41, 5.74) is 1.68. The zero-order chi connectivity index (χ0) is 14.4. The Hall–Kier alpha value is -2.16. The van der Waals surface area contributed by atoms with E-state index in [-0.39, 0.29) is 12.5 Å². The lowest BCUT2D eigenvalue weighted by molar-refractivity contribution is 0.103. The molecule has 2 heterocycles. The van der Waals surface area contributed by atoms with Gasteiger partial charge in [-0.2, -0.15) is 0 Å². The molecular formula is C15H14N2O2S. The molecule has 2 aromatic heterocycles. The molecule has 0 aliphatic carbocycles. The van der Waals surface area contributed by atoms with E-state index in [0.29, 0.717) is 17.0 Å². The number of aliphatic hydroxyl groups is 1. The van der Waals surface area contributed by atoms with Crippen molar-refractivity contribution in [3.63, 3.8) is 0 Å². The summed E-state index contributed by atoms with van der Waals surface area (Å²) < 4.78 is 0. The average Bonchev–Trinajstić information content (AvgIpc) is 2.82. The van der Waals surface area contributed by atoms with E-state index >= 15 is 0 Å². The molecule has 0 aliphatic rings. The smallest absolute Gasteiger partial charge is 0.265 e. The molecule has 20 heavy (non-hydrogen) atoms. The Morgan fingerprint density at radius 2 is 2.20 bits per heavy atom. The predicted molar refractivity (Wildman–Crippen MR) is 79.8 cm³/mol. The minimum absolute atomic E-state index is 0.0484. The number of nitrogens with one attached hydrogen (secondary N) is 1. The number of pyridine rings is 1. The van der Waals surface area contributed by atoms with Crippen molar-refractivity contribution in [2.45, 2.75) is 13.3 Å². The third kappa shape index (κ3) is 3.67. The van der Waals surface area contributed by atoms with Gasteiger partial charge < -0.3 is 10.4 Å². The summed E-state index contributed by atoms with van der Waals surface area (Å²) in [4.78, 5) is 17.5. The van der Waals surface area contributed by atoms with Gasteiger partial charge in [0.15, 0.2) is 0 Å². The van der Waals surface area contributed by atoms with Crippen LogP contribution in [0.25, 0.3) is 0 Å². The van der Waals surface area contributed by atoms with E-state index in [1.165, 1.54) is 11.3 Å². The number of hydrogen-bond donors (Lipinski definition) is 2. The van der Waals surface area contributed by atoms with Gasteiger partial charge in [-0.1, -0.05) is 11.8 Å². The molecule has 0 atom stereocenters. The fourth-order valence-electron chi connectivity index (χ4n) is 1.54. The topological polar surface area (TPSA) is 62.2 Å². The number of aromatic nitrogens is 1. The summed E-state index contributed by atoms with van der Waals surface area (Å²) in [6.45, 7) is 1.97. The van der Waals surface area contributed by atoms with Crippen molar-refractivity contribution in [1.29, 1.82) is 0 Å². The second kappa shape index (κ2) is 6.85. The minimum Gasteiger partial charge on any atom is -0.395 e. The van der Waals surface area contributed by atoms with Gasteiger partial charge in [-0.3, -0.25) is 9.78 Å². The maximum atomic E-state index is 12.1. The van der Waals surface area contributed by atoms with Crippen molar-refractivity contribution in [2.24, 2.45) is 0 Å². The van der Waals surface area contributed by atoms with E-state index in [1.807, 2.05) is 13.0 Å². The summed E-state index contributed by atoms with van der Waals surface area (Å²) in [6.07, 6.45) is 3.69. The first-order valence-corrected chi connectivity index (χ1v) is 6.94. The van der Waals surface area contributed by atoms with Gasteiger partial charge in [-0.15, -0.1) is 11.3 Å². The summed E-state index contributed by atoms with van der Waals surface area (Å²) in [7, 11) is 0. The van der Waals surface area contributed by atoms with Crippen molar-refractivity contribution in [1.82, 2.24) is 4.98 Å². The van der Waals surface area contributed by atoms with E-state index in [1.54, 1.807) is 24.5 Å². The molecule has 102 valence electrons. The largest absolute Gasteiger partial charge is 0.395 e. The Kier molecular flexibility index (Phi) is 4.88. The quantitative estimate of drug-likeness (QED) is 0.852. The number of rotatable bonds is 3. The second-order valence-electron chi connectivity index (χ2n) is 4.09. The number of amides is 1. The fourth-order valence-corrected chi connectivity index (χ4v) is 2.49. The number of carbonyl (C=O) groups excluding carboxylic acids is 1. The van der Waals surface area contributed by atoms with Crippen LogP contribution in [0.15, 0.2) is 30.6 Å². The lowest BCUT2D eigenvalue weighted by atomic mass is 10.2. The molecule has 0 saturated carbocycles. The first-order valence-electron chi connectivity index (χ1n) is 6.12. The van der Waals surface area contributed by atoms with Crippen LogP contribution in [0.4, 0.5) is 5.69 Å². The Morgan fingerprint density at radius 1 is 1.45 bits per heavy atom. The van der Waals surface area contributed by atoms with Crippen LogP contribution in [-0.4, -0.2) is 22.6 Å². The Morgan fingerprint density at radius 3 is 2.90 bits per heavy atom. The van der Waals surface area contributed by atoms with Gasteiger partial charge in [0.05, 0.1) is 16.4 Å². The molecule has 0 aromatic carbocycles. The van der Waals surface area contributed by atoms with Crippen molar-refractivity contribution in [3.05, 3.63) is 45.9 Å². The predicted octanol–water partition coefficient (Wildman–Crippen LogP) is 2.44. The van der Waals surface area contributed by atoms with Gasteiger partial charge >= 0.3 is 0 Å². The SMILES string of the molecule is Cc1cc(C(=O)Nc2ccncc2)sc1C#CCCO. The standard InChI is InChI=1S/C15H14N2O2S/c1-11-10-14(20-13(11)4-2-3-9-18)15(19)17-12-5-7-16-8-6-12/h5-8,10,18H,3,9H2,1H3,(H,16,17,19). The molecule has 0 bridgehead atoms. The summed E-state index contributed by atoms with van der Waals surface area (Å²) in [6, 6.07) is 5.30. The highest BCUT2D eigenvalue weighted by Crippen LogP contribution is 2.22. The minimum atomic E-state index is -0.153. The van der Waals surface area contributed by atoms with Crippen molar-refractivity contribution in [3.8, 4) is 11.8 Å². The van der Waals surface area contributed by atoms with Gasteiger partial charge in [-0.25, -0.2) is 0 Å². The van der Waals surface area contributed by atoms with Crippen LogP contribution in [0.1, 0.15) is 26.5 Å². The van der Waals surface area contributed by atoms with Crippen molar-refractivity contribution < 1.29 is 9.90 Å². The molecule has 2 N–H and O–H groups in total. The van der Waals surface area contributed by atoms with E-state index in [2.05, 4.69) is 22.1 Å².